The Kier molecular flexibility index (Phi) is 19.7. The van der Waals surface area contributed by atoms with Crippen molar-refractivity contribution in [2.24, 2.45) is 28.7 Å². The number of Topliss-reactive ketones (excluding diaryl/α,β-unsaturated/α-hetero) is 1. The van der Waals surface area contributed by atoms with Gasteiger partial charge >= 0.3 is 12.1 Å². The minimum absolute atomic E-state index is 0.198. The summed E-state index contributed by atoms with van der Waals surface area (Å²) in [5, 5.41) is 21.1. The second kappa shape index (κ2) is 26.7. The number of esters is 1. The number of fused-ring (bicyclic) bond motifs is 1. The molecule has 18 heteroatoms. The Balaban J connectivity index is 0.807. The number of hydrogen-bond acceptors (Lipinski definition) is 15. The van der Waals surface area contributed by atoms with Gasteiger partial charge in [-0.05, 0) is 95.0 Å². The number of aliphatic hydroxyl groups is 1. The molecule has 0 radical (unpaired) electrons. The number of likely N-dealkylation sites (N-methyl/N-ethyl adjacent to an activating group) is 1. The molecule has 450 valence electrons. The zero-order chi connectivity index (χ0) is 59.9. The third kappa shape index (κ3) is 12.9. The van der Waals surface area contributed by atoms with E-state index in [0.717, 1.165) is 52.1 Å². The van der Waals surface area contributed by atoms with Gasteiger partial charge in [-0.15, -0.1) is 5.10 Å². The predicted octanol–water partition coefficient (Wildman–Crippen LogP) is 9.51. The molecule has 1 aromatic heterocycles. The number of cyclic esters (lactones) is 1. The summed E-state index contributed by atoms with van der Waals surface area (Å²) in [5.74, 6) is -3.95. The first-order valence-corrected chi connectivity index (χ1v) is 30.0. The summed E-state index contributed by atoms with van der Waals surface area (Å²) < 4.78 is 33.9. The van der Waals surface area contributed by atoms with Crippen molar-refractivity contribution >= 4 is 29.5 Å². The van der Waals surface area contributed by atoms with Crippen LogP contribution in [0.4, 0.5) is 4.79 Å². The van der Waals surface area contributed by atoms with Crippen LogP contribution in [-0.4, -0.2) is 141 Å². The molecule has 2 bridgehead atoms. The van der Waals surface area contributed by atoms with Gasteiger partial charge < -0.3 is 28.8 Å². The Morgan fingerprint density at radius 1 is 0.857 bits per heavy atom. The molecule has 0 aliphatic carbocycles. The number of benzene rings is 4. The maximum Gasteiger partial charge on any atom is 0.410 e. The highest BCUT2D eigenvalue weighted by atomic mass is 16.7. The highest BCUT2D eigenvalue weighted by Gasteiger charge is 2.60. The molecule has 5 heterocycles. The average molecular weight is 1150 g/mol. The Hall–Kier alpha value is -6.67. The van der Waals surface area contributed by atoms with Gasteiger partial charge in [0.1, 0.15) is 23.8 Å². The van der Waals surface area contributed by atoms with E-state index in [4.69, 9.17) is 33.5 Å². The molecule has 2 amide bonds. The number of methoxy groups -OCH3 is 1. The number of aromatic nitrogens is 3. The molecule has 0 saturated carbocycles. The Morgan fingerprint density at radius 3 is 2.10 bits per heavy atom. The smallest absolute Gasteiger partial charge is 0.410 e. The van der Waals surface area contributed by atoms with Crippen LogP contribution in [0.3, 0.4) is 0 Å². The SMILES string of the molecule is CC[C@H]1OC(=O)[C@H](C)C(=O)[C@H](C)[C@@H](O[C@@H]2O[C@H](C)C[C@H](N(C)Cc3ccc(-c4cn(CCCCCC(=O)NOC(c5ccccc5)(c5ccccc5)c5ccccc5)nn4)cc3)[C@H]2O)[C@](C)(OC)C[C@@H](C)C2=NCCN3C(=O)O[C@@]1(C)[C@H]3[C@H]2C. The number of carbonyl (C=O) groups excluding carboxylic acids is 4. The van der Waals surface area contributed by atoms with E-state index in [-0.39, 0.29) is 23.8 Å². The van der Waals surface area contributed by atoms with Gasteiger partial charge in [-0.3, -0.25) is 38.7 Å². The molecule has 4 aliphatic rings. The second-order valence-electron chi connectivity index (χ2n) is 24.0. The van der Waals surface area contributed by atoms with E-state index >= 15 is 0 Å². The first-order valence-electron chi connectivity index (χ1n) is 30.0. The van der Waals surface area contributed by atoms with E-state index in [1.165, 1.54) is 6.92 Å². The lowest BCUT2D eigenvalue weighted by Gasteiger charge is -2.47. The molecule has 18 nitrogen and oxygen atoms in total. The summed E-state index contributed by atoms with van der Waals surface area (Å²) in [4.78, 5) is 70.9. The molecule has 4 aliphatic heterocycles. The standard InChI is InChI=1S/C66H85N7O11/c1-11-54-65(8)59-44(4)56(67-35-37-73(59)63(78)83-65)42(2)39-64(7,79-10)60(45(5)57(75)46(6)61(77)81-54)82-62-58(76)53(38-43(3)80-62)71(9)40-47-31-33-48(34-32-47)52-41-72(70-68-52)36-23-15-22-30-55(74)69-84-66(49-24-16-12-17-25-49,50-26-18-13-19-27-50)51-28-20-14-21-29-51/h12-14,16-21,24-29,31-34,41-46,53-54,58-60,62,76H,11,15,22-23,30,35-40H2,1-10H3,(H,69,74)/t42-,43-,44+,45+,46-,53+,54-,58-,59-,60-,62+,64-,65-/m1/s1. The van der Waals surface area contributed by atoms with Crippen LogP contribution in [-0.2, 0) is 61.6 Å². The molecular formula is C66H85N7O11. The Bertz CT molecular complexity index is 2960. The Morgan fingerprint density at radius 2 is 1.49 bits per heavy atom. The van der Waals surface area contributed by atoms with Crippen molar-refractivity contribution in [2.75, 3.05) is 27.2 Å². The van der Waals surface area contributed by atoms with Gasteiger partial charge in [0, 0.05) is 62.3 Å². The van der Waals surface area contributed by atoms with E-state index in [1.54, 1.807) is 18.9 Å². The van der Waals surface area contributed by atoms with Crippen molar-refractivity contribution in [1.29, 1.82) is 0 Å². The topological polar surface area (TPSA) is 205 Å². The summed E-state index contributed by atoms with van der Waals surface area (Å²) in [5.41, 5.74) is 5.62. The highest BCUT2D eigenvalue weighted by molar-refractivity contribution is 6.00. The van der Waals surface area contributed by atoms with Crippen LogP contribution >= 0.6 is 0 Å². The number of unbranched alkanes of at least 4 members (excludes halogenated alkanes) is 2. The molecule has 2 N–H and O–H groups in total. The summed E-state index contributed by atoms with van der Waals surface area (Å²) >= 11 is 0. The normalized spacial score (nSPS) is 29.6. The van der Waals surface area contributed by atoms with Crippen molar-refractivity contribution in [3.05, 3.63) is 144 Å². The molecule has 84 heavy (non-hydrogen) atoms. The molecular weight excluding hydrogens is 1070 g/mol. The number of carbonyl (C=O) groups is 4. The number of aliphatic hydroxyl groups excluding tert-OH is 1. The zero-order valence-corrected chi connectivity index (χ0v) is 50.4. The van der Waals surface area contributed by atoms with Crippen molar-refractivity contribution in [2.45, 2.75) is 173 Å². The largest absolute Gasteiger partial charge is 0.458 e. The average Bonchev–Trinajstić information content (AvgIpc) is 4.17. The monoisotopic (exact) mass is 1150 g/mol. The van der Waals surface area contributed by atoms with E-state index in [0.29, 0.717) is 58.3 Å². The van der Waals surface area contributed by atoms with E-state index in [1.807, 2.05) is 168 Å². The highest BCUT2D eigenvalue weighted by Crippen LogP contribution is 2.45. The van der Waals surface area contributed by atoms with Crippen LogP contribution in [0.1, 0.15) is 123 Å². The predicted molar refractivity (Wildman–Crippen MR) is 317 cm³/mol. The van der Waals surface area contributed by atoms with Crippen molar-refractivity contribution in [1.82, 2.24) is 30.3 Å². The van der Waals surface area contributed by atoms with Crippen LogP contribution in [0.2, 0.25) is 0 Å². The fourth-order valence-electron chi connectivity index (χ4n) is 13.6. The second-order valence-corrected chi connectivity index (χ2v) is 24.0. The molecule has 0 unspecified atom stereocenters. The van der Waals surface area contributed by atoms with Gasteiger partial charge in [0.2, 0.25) is 5.91 Å². The number of amides is 2. The van der Waals surface area contributed by atoms with E-state index in [2.05, 4.69) is 27.6 Å². The summed E-state index contributed by atoms with van der Waals surface area (Å²) in [6.07, 6.45) is 0.831. The van der Waals surface area contributed by atoms with E-state index in [9.17, 15) is 24.3 Å². The van der Waals surface area contributed by atoms with Gasteiger partial charge in [0.05, 0.1) is 36.6 Å². The minimum Gasteiger partial charge on any atom is -0.458 e. The maximum absolute atomic E-state index is 14.6. The molecule has 0 spiro atoms. The first kappa shape index (κ1) is 61.9. The van der Waals surface area contributed by atoms with Gasteiger partial charge in [0.15, 0.2) is 23.3 Å². The summed E-state index contributed by atoms with van der Waals surface area (Å²) in [6.45, 7) is 16.8. The number of ether oxygens (including phenoxy) is 5. The summed E-state index contributed by atoms with van der Waals surface area (Å²) in [6, 6.07) is 37.0. The summed E-state index contributed by atoms with van der Waals surface area (Å²) in [7, 11) is 3.55. The number of hydroxylamine groups is 1. The van der Waals surface area contributed by atoms with Gasteiger partial charge in [-0.1, -0.05) is 155 Å². The van der Waals surface area contributed by atoms with Crippen molar-refractivity contribution < 1.29 is 52.8 Å². The van der Waals surface area contributed by atoms with Gasteiger partial charge in [0.25, 0.3) is 0 Å². The molecule has 4 aromatic carbocycles. The number of hydrogen-bond donors (Lipinski definition) is 2. The van der Waals surface area contributed by atoms with Crippen LogP contribution in [0.25, 0.3) is 11.3 Å². The third-order valence-electron chi connectivity index (χ3n) is 18.1. The molecule has 5 aromatic rings. The van der Waals surface area contributed by atoms with Crippen LogP contribution in [0.5, 0.6) is 0 Å². The molecule has 3 saturated heterocycles. The zero-order valence-electron chi connectivity index (χ0n) is 50.4. The number of nitrogens with zero attached hydrogens (tertiary/aromatic N) is 6. The quantitative estimate of drug-likeness (QED) is 0.0260. The van der Waals surface area contributed by atoms with Gasteiger partial charge in [-0.25, -0.2) is 10.3 Å². The number of aryl methyl sites for hydroxylation is 1. The lowest BCUT2D eigenvalue weighted by Crippen LogP contribution is -2.60. The maximum atomic E-state index is 14.6. The molecule has 3 fully saturated rings. The minimum atomic E-state index is -1.20. The first-order chi connectivity index (χ1) is 40.3. The van der Waals surface area contributed by atoms with Crippen LogP contribution in [0.15, 0.2) is 126 Å². The molecule has 13 atom stereocenters. The fourth-order valence-corrected chi connectivity index (χ4v) is 13.6. The molecule has 9 rings (SSSR count). The van der Waals surface area contributed by atoms with Crippen LogP contribution < -0.4 is 5.48 Å². The Labute approximate surface area is 494 Å². The van der Waals surface area contributed by atoms with Crippen molar-refractivity contribution in [3.8, 4) is 11.3 Å². The number of nitrogens with one attached hydrogen (secondary N) is 1. The van der Waals surface area contributed by atoms with E-state index < -0.39 is 83.2 Å². The fraction of sp³-hybridized carbons (Fsp3) is 0.530. The lowest BCUT2D eigenvalue weighted by atomic mass is 9.73. The van der Waals surface area contributed by atoms with Crippen LogP contribution in [0, 0.1) is 23.7 Å². The number of aliphatic imine (C=N–C) groups is 1. The number of rotatable bonds is 19. The lowest BCUT2D eigenvalue weighted by molar-refractivity contribution is -0.296. The van der Waals surface area contributed by atoms with Crippen molar-refractivity contribution in [3.63, 3.8) is 0 Å². The number of ketones is 1. The third-order valence-corrected chi connectivity index (χ3v) is 18.1. The van der Waals surface area contributed by atoms with Gasteiger partial charge in [-0.2, -0.15) is 0 Å².